The van der Waals surface area contributed by atoms with E-state index < -0.39 is 22.8 Å². The smallest absolute Gasteiger partial charge is 0.341 e. The fraction of sp³-hybridized carbons (Fsp3) is 0.357. The van der Waals surface area contributed by atoms with Gasteiger partial charge in [-0.1, -0.05) is 22.9 Å². The van der Waals surface area contributed by atoms with Crippen LogP contribution in [0, 0.1) is 5.82 Å². The van der Waals surface area contributed by atoms with Crippen molar-refractivity contribution in [1.29, 1.82) is 0 Å². The van der Waals surface area contributed by atoms with E-state index in [1.54, 1.807) is 22.8 Å². The predicted molar refractivity (Wildman–Crippen MR) is 156 cm³/mol. The number of aromatic nitrogens is 2. The summed E-state index contributed by atoms with van der Waals surface area (Å²) >= 11 is 7.40. The Balaban J connectivity index is 1.24. The van der Waals surface area contributed by atoms with E-state index in [9.17, 15) is 19.5 Å². The number of hydrogen-bond acceptors (Lipinski definition) is 8. The van der Waals surface area contributed by atoms with Gasteiger partial charge in [0.25, 0.3) is 0 Å². The Kier molecular flexibility index (Phi) is 7.08. The van der Waals surface area contributed by atoms with Gasteiger partial charge >= 0.3 is 5.97 Å². The van der Waals surface area contributed by atoms with Crippen LogP contribution in [-0.4, -0.2) is 70.8 Å². The summed E-state index contributed by atoms with van der Waals surface area (Å²) in [6.45, 7) is 3.41. The number of carbonyl (C=O) groups is 2. The van der Waals surface area contributed by atoms with Gasteiger partial charge in [0, 0.05) is 42.9 Å². The van der Waals surface area contributed by atoms with Crippen LogP contribution in [0.4, 0.5) is 15.2 Å². The topological polar surface area (TPSA) is 117 Å². The van der Waals surface area contributed by atoms with E-state index in [2.05, 4.69) is 10.3 Å². The molecule has 1 aliphatic heterocycles. The van der Waals surface area contributed by atoms with E-state index in [0.29, 0.717) is 35.3 Å². The number of halogens is 2. The van der Waals surface area contributed by atoms with Crippen LogP contribution in [-0.2, 0) is 4.79 Å². The van der Waals surface area contributed by atoms with Crippen molar-refractivity contribution in [2.24, 2.45) is 0 Å². The highest BCUT2D eigenvalue weighted by Crippen LogP contribution is 2.44. The molecule has 2 N–H and O–H groups in total. The normalized spacial score (nSPS) is 17.8. The van der Waals surface area contributed by atoms with E-state index in [1.165, 1.54) is 24.6 Å². The zero-order chi connectivity index (χ0) is 29.0. The SMILES string of the molecule is COc1c(N2CCN(CC(=O)Nc3nc4ccc(Cl)cc4s3)C(C)C2)c(F)cc2c(=O)c(C(=O)O)cn(C3CC3)c12. The molecule has 41 heavy (non-hydrogen) atoms. The molecular weight excluding hydrogens is 573 g/mol. The van der Waals surface area contributed by atoms with Crippen LogP contribution in [0.2, 0.25) is 5.02 Å². The highest BCUT2D eigenvalue weighted by atomic mass is 35.5. The van der Waals surface area contributed by atoms with Gasteiger partial charge in [0.05, 0.1) is 34.8 Å². The van der Waals surface area contributed by atoms with Gasteiger partial charge < -0.3 is 24.6 Å². The van der Waals surface area contributed by atoms with E-state index in [1.807, 2.05) is 16.7 Å². The molecule has 0 bridgehead atoms. The summed E-state index contributed by atoms with van der Waals surface area (Å²) in [6, 6.07) is 6.40. The molecule has 0 spiro atoms. The fourth-order valence-corrected chi connectivity index (χ4v) is 6.61. The molecule has 214 valence electrons. The molecule has 2 aliphatic rings. The zero-order valence-corrected chi connectivity index (χ0v) is 23.9. The number of nitrogens with one attached hydrogen (secondary N) is 1. The molecule has 0 radical (unpaired) electrons. The molecule has 4 aromatic rings. The number of rotatable bonds is 7. The molecule has 1 aliphatic carbocycles. The quantitative estimate of drug-likeness (QED) is 0.317. The van der Waals surface area contributed by atoms with Gasteiger partial charge in [0.1, 0.15) is 11.3 Å². The summed E-state index contributed by atoms with van der Waals surface area (Å²) in [5.41, 5.74) is 0.241. The molecule has 10 nitrogen and oxygen atoms in total. The average Bonchev–Trinajstić information content (AvgIpc) is 3.69. The van der Waals surface area contributed by atoms with Crippen LogP contribution in [0.3, 0.4) is 0 Å². The van der Waals surface area contributed by atoms with Crippen molar-refractivity contribution in [3.05, 3.63) is 57.1 Å². The van der Waals surface area contributed by atoms with E-state index in [-0.39, 0.29) is 41.4 Å². The number of carbonyl (C=O) groups excluding carboxylic acids is 1. The largest absolute Gasteiger partial charge is 0.492 e. The van der Waals surface area contributed by atoms with Gasteiger partial charge in [-0.25, -0.2) is 14.2 Å². The molecule has 1 atom stereocenters. The van der Waals surface area contributed by atoms with Gasteiger partial charge in [0.15, 0.2) is 16.7 Å². The van der Waals surface area contributed by atoms with Crippen LogP contribution in [0.15, 0.2) is 35.3 Å². The Labute approximate surface area is 242 Å². The summed E-state index contributed by atoms with van der Waals surface area (Å²) < 4.78 is 24.0. The number of hydrogen-bond donors (Lipinski definition) is 2. The predicted octanol–water partition coefficient (Wildman–Crippen LogP) is 4.59. The first-order valence-corrected chi connectivity index (χ1v) is 14.4. The van der Waals surface area contributed by atoms with Crippen LogP contribution in [0.1, 0.15) is 36.2 Å². The maximum Gasteiger partial charge on any atom is 0.341 e. The Morgan fingerprint density at radius 1 is 1.27 bits per heavy atom. The third-order valence-corrected chi connectivity index (χ3v) is 8.77. The number of benzene rings is 2. The Morgan fingerprint density at radius 3 is 2.73 bits per heavy atom. The fourth-order valence-electron chi connectivity index (χ4n) is 5.45. The number of carboxylic acids is 1. The number of fused-ring (bicyclic) bond motifs is 2. The van der Waals surface area contributed by atoms with Crippen LogP contribution in [0.5, 0.6) is 5.75 Å². The standard InChI is InChI=1S/C28H27ClFN5O5S/c1-14-11-34(8-7-33(14)13-22(36)32-28-31-20-6-3-15(29)9-21(20)41-28)24-19(30)10-17-23(26(24)40-2)35(16-4-5-16)12-18(25(17)37)27(38)39/h3,6,9-10,12,14,16H,4-5,7-8,11,13H2,1-2H3,(H,38,39)(H,31,32,36). The monoisotopic (exact) mass is 599 g/mol. The number of amides is 1. The molecule has 3 heterocycles. The number of methoxy groups -OCH3 is 1. The first-order chi connectivity index (χ1) is 19.6. The first kappa shape index (κ1) is 27.4. The van der Waals surface area contributed by atoms with Gasteiger partial charge in [0.2, 0.25) is 11.3 Å². The third-order valence-electron chi connectivity index (χ3n) is 7.60. The highest BCUT2D eigenvalue weighted by molar-refractivity contribution is 7.22. The summed E-state index contributed by atoms with van der Waals surface area (Å²) in [6.07, 6.45) is 3.00. The minimum atomic E-state index is -1.35. The average molecular weight is 600 g/mol. The van der Waals surface area contributed by atoms with Crippen LogP contribution in [0.25, 0.3) is 21.1 Å². The van der Waals surface area contributed by atoms with Crippen molar-refractivity contribution < 1.29 is 23.8 Å². The lowest BCUT2D eigenvalue weighted by atomic mass is 10.1. The molecule has 1 saturated heterocycles. The Hall–Kier alpha value is -3.74. The molecule has 2 aromatic heterocycles. The van der Waals surface area contributed by atoms with Crippen molar-refractivity contribution in [1.82, 2.24) is 14.5 Å². The molecular formula is C28H27ClFN5O5S. The summed E-state index contributed by atoms with van der Waals surface area (Å²) in [4.78, 5) is 45.9. The van der Waals surface area contributed by atoms with Crippen molar-refractivity contribution in [2.75, 3.05) is 43.5 Å². The Bertz CT molecular complexity index is 1770. The number of ether oxygens (including phenoxy) is 1. The molecule has 1 unspecified atom stereocenters. The number of aromatic carboxylic acids is 1. The summed E-state index contributed by atoms with van der Waals surface area (Å²) in [5.74, 6) is -2.01. The second kappa shape index (κ2) is 10.6. The molecule has 13 heteroatoms. The lowest BCUT2D eigenvalue weighted by molar-refractivity contribution is -0.117. The molecule has 2 aromatic carbocycles. The summed E-state index contributed by atoms with van der Waals surface area (Å²) in [7, 11) is 1.42. The lowest BCUT2D eigenvalue weighted by Gasteiger charge is -2.41. The number of piperazine rings is 1. The maximum atomic E-state index is 15.7. The number of nitrogens with zero attached hydrogens (tertiary/aromatic N) is 4. The summed E-state index contributed by atoms with van der Waals surface area (Å²) in [5, 5.41) is 13.5. The maximum absolute atomic E-state index is 15.7. The molecule has 6 rings (SSSR count). The first-order valence-electron chi connectivity index (χ1n) is 13.2. The third kappa shape index (κ3) is 5.11. The Morgan fingerprint density at radius 2 is 2.05 bits per heavy atom. The lowest BCUT2D eigenvalue weighted by Crippen LogP contribution is -2.54. The van der Waals surface area contributed by atoms with E-state index in [0.717, 1.165) is 29.1 Å². The van der Waals surface area contributed by atoms with Gasteiger partial charge in [-0.15, -0.1) is 0 Å². The second-order valence-corrected chi connectivity index (χ2v) is 11.9. The van der Waals surface area contributed by atoms with E-state index in [4.69, 9.17) is 16.3 Å². The van der Waals surface area contributed by atoms with Gasteiger partial charge in [-0.2, -0.15) is 0 Å². The van der Waals surface area contributed by atoms with E-state index >= 15 is 4.39 Å². The van der Waals surface area contributed by atoms with Crippen molar-refractivity contribution >= 4 is 66.8 Å². The molecule has 2 fully saturated rings. The van der Waals surface area contributed by atoms with Gasteiger partial charge in [-0.3, -0.25) is 14.5 Å². The van der Waals surface area contributed by atoms with Crippen molar-refractivity contribution in [2.45, 2.75) is 31.8 Å². The molecule has 1 saturated carbocycles. The van der Waals surface area contributed by atoms with Crippen LogP contribution < -0.4 is 20.4 Å². The number of pyridine rings is 1. The van der Waals surface area contributed by atoms with Gasteiger partial charge in [-0.05, 0) is 44.0 Å². The second-order valence-electron chi connectivity index (χ2n) is 10.4. The molecule has 1 amide bonds. The highest BCUT2D eigenvalue weighted by Gasteiger charge is 2.33. The van der Waals surface area contributed by atoms with Crippen LogP contribution >= 0.6 is 22.9 Å². The minimum Gasteiger partial charge on any atom is -0.492 e. The van der Waals surface area contributed by atoms with Crippen molar-refractivity contribution in [3.8, 4) is 5.75 Å². The van der Waals surface area contributed by atoms with Crippen molar-refractivity contribution in [3.63, 3.8) is 0 Å². The zero-order valence-electron chi connectivity index (χ0n) is 22.3. The number of carboxylic acid groups (broad SMARTS) is 1. The minimum absolute atomic E-state index is 0.0182. The number of anilines is 2. The number of thiazole rings is 1.